The third-order valence-electron chi connectivity index (χ3n) is 2.56. The van der Waals surface area contributed by atoms with E-state index in [-0.39, 0.29) is 21.1 Å². The summed E-state index contributed by atoms with van der Waals surface area (Å²) in [7, 11) is 0. The zero-order chi connectivity index (χ0) is 15.1. The second kappa shape index (κ2) is 9.13. The Kier molecular flexibility index (Phi) is 7.50. The topological polar surface area (TPSA) is 70.4 Å². The molecule has 0 atom stereocenters. The van der Waals surface area contributed by atoms with Gasteiger partial charge in [-0.2, -0.15) is 0 Å². The van der Waals surface area contributed by atoms with Crippen molar-refractivity contribution in [2.75, 3.05) is 0 Å². The van der Waals surface area contributed by atoms with Crippen LogP contribution < -0.4 is 0 Å². The SMILES string of the molecule is O=C(O)/C=C\O.[Pt].[c-]1sc2ccccc2c1-c1ccccn1. The van der Waals surface area contributed by atoms with Crippen LogP contribution in [0.3, 0.4) is 0 Å². The van der Waals surface area contributed by atoms with Gasteiger partial charge in [-0.05, 0) is 11.8 Å². The van der Waals surface area contributed by atoms with Crippen LogP contribution in [0.15, 0.2) is 61.0 Å². The molecule has 6 heteroatoms. The second-order valence-electron chi connectivity index (χ2n) is 3.94. The van der Waals surface area contributed by atoms with Crippen molar-refractivity contribution in [2.45, 2.75) is 0 Å². The van der Waals surface area contributed by atoms with Gasteiger partial charge in [0.05, 0.1) is 12.3 Å². The van der Waals surface area contributed by atoms with Crippen molar-refractivity contribution < 1.29 is 36.1 Å². The summed E-state index contributed by atoms with van der Waals surface area (Å²) in [6.45, 7) is 0. The smallest absolute Gasteiger partial charge is 0.331 e. The van der Waals surface area contributed by atoms with E-state index in [9.17, 15) is 4.79 Å². The summed E-state index contributed by atoms with van der Waals surface area (Å²) in [6.07, 6.45) is 2.93. The van der Waals surface area contributed by atoms with Crippen LogP contribution in [0.2, 0.25) is 0 Å². The summed E-state index contributed by atoms with van der Waals surface area (Å²) in [5.41, 5.74) is 2.10. The number of fused-ring (bicyclic) bond motifs is 1. The number of aliphatic carboxylic acids is 1. The van der Waals surface area contributed by atoms with Crippen molar-refractivity contribution in [2.24, 2.45) is 0 Å². The zero-order valence-corrected chi connectivity index (χ0v) is 14.3. The largest absolute Gasteiger partial charge is 0.515 e. The van der Waals surface area contributed by atoms with Gasteiger partial charge in [0.25, 0.3) is 0 Å². The van der Waals surface area contributed by atoms with Crippen molar-refractivity contribution in [3.63, 3.8) is 0 Å². The molecule has 0 bridgehead atoms. The molecule has 2 heterocycles. The summed E-state index contributed by atoms with van der Waals surface area (Å²) in [5, 5.41) is 19.9. The predicted molar refractivity (Wildman–Crippen MR) is 83.3 cm³/mol. The maximum absolute atomic E-state index is 9.35. The number of aromatic nitrogens is 1. The fourth-order valence-corrected chi connectivity index (χ4v) is 2.54. The van der Waals surface area contributed by atoms with E-state index in [0.29, 0.717) is 12.3 Å². The molecular weight excluding hydrogens is 481 g/mol. The Morgan fingerprint density at radius 1 is 1.18 bits per heavy atom. The van der Waals surface area contributed by atoms with Crippen molar-refractivity contribution in [3.05, 3.63) is 66.4 Å². The van der Waals surface area contributed by atoms with Crippen molar-refractivity contribution in [1.82, 2.24) is 4.98 Å². The Hall–Kier alpha value is -1.97. The van der Waals surface area contributed by atoms with E-state index in [4.69, 9.17) is 10.2 Å². The average molecular weight is 493 g/mol. The number of thiophene rings is 1. The summed E-state index contributed by atoms with van der Waals surface area (Å²) in [4.78, 5) is 13.7. The standard InChI is InChI=1S/C13H8NS.C3H4O3.Pt/c1-2-7-13-10(5-1)11(9-15-13)12-6-3-4-8-14-12;4-2-1-3(5)6;/h1-8H;1-2,4H,(H,5,6);/q-1;;/b;2-1-;. The zero-order valence-electron chi connectivity index (χ0n) is 11.2. The number of hydrogen-bond acceptors (Lipinski definition) is 4. The number of aliphatic hydroxyl groups excluding tert-OH is 1. The first kappa shape index (κ1) is 18.1. The van der Waals surface area contributed by atoms with Crippen LogP contribution in [0, 0.1) is 5.38 Å². The van der Waals surface area contributed by atoms with Gasteiger partial charge in [-0.1, -0.05) is 40.4 Å². The second-order valence-corrected chi connectivity index (χ2v) is 4.79. The number of pyridine rings is 1. The molecule has 0 aliphatic heterocycles. The van der Waals surface area contributed by atoms with Crippen LogP contribution in [0.25, 0.3) is 21.3 Å². The van der Waals surface area contributed by atoms with Crippen molar-refractivity contribution >= 4 is 27.4 Å². The van der Waals surface area contributed by atoms with Crippen LogP contribution in [-0.2, 0) is 25.9 Å². The molecule has 0 amide bonds. The normalized spacial score (nSPS) is 9.82. The Balaban J connectivity index is 0.000000302. The molecule has 22 heavy (non-hydrogen) atoms. The third-order valence-corrected chi connectivity index (χ3v) is 3.44. The summed E-state index contributed by atoms with van der Waals surface area (Å²) in [6, 6.07) is 14.3. The molecule has 0 radical (unpaired) electrons. The van der Waals surface area contributed by atoms with Crippen molar-refractivity contribution in [3.8, 4) is 11.3 Å². The van der Waals surface area contributed by atoms with Gasteiger partial charge in [0.1, 0.15) is 0 Å². The van der Waals surface area contributed by atoms with Gasteiger partial charge in [-0.15, -0.1) is 17.0 Å². The molecule has 3 rings (SSSR count). The third kappa shape index (κ3) is 4.79. The number of hydrogen-bond donors (Lipinski definition) is 2. The monoisotopic (exact) mass is 493 g/mol. The number of aliphatic hydroxyl groups is 1. The van der Waals surface area contributed by atoms with Crippen LogP contribution in [0.1, 0.15) is 0 Å². The maximum atomic E-state index is 9.35. The minimum atomic E-state index is -1.14. The number of carboxylic acid groups (broad SMARTS) is 1. The minimum absolute atomic E-state index is 0. The van der Waals surface area contributed by atoms with Gasteiger partial charge in [0.15, 0.2) is 0 Å². The molecule has 116 valence electrons. The molecule has 0 saturated carbocycles. The summed E-state index contributed by atoms with van der Waals surface area (Å²) < 4.78 is 1.26. The Morgan fingerprint density at radius 3 is 2.50 bits per heavy atom. The number of rotatable bonds is 2. The van der Waals surface area contributed by atoms with Gasteiger partial charge in [-0.3, -0.25) is 11.3 Å². The first-order valence-electron chi connectivity index (χ1n) is 6.06. The molecule has 3 aromatic rings. The number of carboxylic acids is 1. The van der Waals surface area contributed by atoms with E-state index in [2.05, 4.69) is 34.6 Å². The number of carbonyl (C=O) groups is 1. The fraction of sp³-hybridized carbons (Fsp3) is 0. The molecule has 0 unspecified atom stereocenters. The van der Waals surface area contributed by atoms with E-state index in [1.807, 2.05) is 24.4 Å². The Morgan fingerprint density at radius 2 is 1.91 bits per heavy atom. The molecule has 0 aliphatic rings. The molecule has 0 aliphatic carbocycles. The van der Waals surface area contributed by atoms with Crippen LogP contribution >= 0.6 is 11.3 Å². The Bertz CT molecular complexity index is 756. The molecular formula is C16H12NO3PtS-. The molecule has 0 spiro atoms. The molecule has 0 saturated heterocycles. The van der Waals surface area contributed by atoms with E-state index in [1.165, 1.54) is 10.1 Å². The molecule has 1 aromatic carbocycles. The minimum Gasteiger partial charge on any atom is -0.515 e. The molecule has 0 fully saturated rings. The quantitative estimate of drug-likeness (QED) is 0.323. The van der Waals surface area contributed by atoms with Gasteiger partial charge in [0.2, 0.25) is 0 Å². The van der Waals surface area contributed by atoms with E-state index in [1.54, 1.807) is 11.3 Å². The molecule has 2 N–H and O–H groups in total. The molecule has 4 nitrogen and oxygen atoms in total. The molecule has 2 aromatic heterocycles. The predicted octanol–water partition coefficient (Wildman–Crippen LogP) is 3.90. The number of benzene rings is 1. The fourth-order valence-electron chi connectivity index (χ4n) is 1.69. The summed E-state index contributed by atoms with van der Waals surface area (Å²) in [5.74, 6) is -1.14. The van der Waals surface area contributed by atoms with Crippen molar-refractivity contribution in [1.29, 1.82) is 0 Å². The van der Waals surface area contributed by atoms with Crippen LogP contribution in [0.5, 0.6) is 0 Å². The van der Waals surface area contributed by atoms with Crippen LogP contribution in [-0.4, -0.2) is 21.2 Å². The first-order chi connectivity index (χ1) is 10.2. The van der Waals surface area contributed by atoms with E-state index in [0.717, 1.165) is 11.3 Å². The maximum Gasteiger partial charge on any atom is 0.331 e. The Labute approximate surface area is 146 Å². The first-order valence-corrected chi connectivity index (χ1v) is 6.88. The van der Waals surface area contributed by atoms with E-state index < -0.39 is 5.97 Å². The van der Waals surface area contributed by atoms with Gasteiger partial charge in [-0.25, -0.2) is 4.79 Å². The number of nitrogens with zero attached hydrogens (tertiary/aromatic N) is 1. The van der Waals surface area contributed by atoms with Crippen LogP contribution in [0.4, 0.5) is 0 Å². The van der Waals surface area contributed by atoms with E-state index >= 15 is 0 Å². The van der Waals surface area contributed by atoms with Gasteiger partial charge >= 0.3 is 5.97 Å². The average Bonchev–Trinajstić information content (AvgIpc) is 2.92. The van der Waals surface area contributed by atoms with Gasteiger partial charge in [0, 0.05) is 27.3 Å². The summed E-state index contributed by atoms with van der Waals surface area (Å²) >= 11 is 1.64. The van der Waals surface area contributed by atoms with Gasteiger partial charge < -0.3 is 15.2 Å².